The van der Waals surface area contributed by atoms with Gasteiger partial charge in [-0.1, -0.05) is 41.4 Å². The summed E-state index contributed by atoms with van der Waals surface area (Å²) in [6.45, 7) is 0.729. The first-order valence-electron chi connectivity index (χ1n) is 7.13. The molecule has 3 rings (SSSR count). The van der Waals surface area contributed by atoms with Crippen LogP contribution in [0.4, 0.5) is 4.39 Å². The Bertz CT molecular complexity index is 746. The highest BCUT2D eigenvalue weighted by atomic mass is 35.5. The Morgan fingerprint density at radius 1 is 1.17 bits per heavy atom. The summed E-state index contributed by atoms with van der Waals surface area (Å²) in [5.41, 5.74) is 1.99. The normalized spacial score (nSPS) is 14.7. The molecule has 0 aromatic heterocycles. The number of aliphatic hydroxyl groups excluding tert-OH is 1. The van der Waals surface area contributed by atoms with Gasteiger partial charge >= 0.3 is 0 Å². The van der Waals surface area contributed by atoms with Crippen molar-refractivity contribution in [3.8, 4) is 0 Å². The van der Waals surface area contributed by atoms with E-state index in [4.69, 9.17) is 23.2 Å². The summed E-state index contributed by atoms with van der Waals surface area (Å²) in [6, 6.07) is 9.75. The van der Waals surface area contributed by atoms with Gasteiger partial charge in [0.2, 0.25) is 0 Å². The molecule has 1 amide bonds. The molecule has 0 saturated carbocycles. The Kier molecular flexibility index (Phi) is 4.57. The van der Waals surface area contributed by atoms with Gasteiger partial charge in [0.25, 0.3) is 5.91 Å². The fourth-order valence-electron chi connectivity index (χ4n) is 2.76. The van der Waals surface area contributed by atoms with E-state index >= 15 is 0 Å². The molecule has 2 aromatic carbocycles. The zero-order chi connectivity index (χ0) is 16.6. The fraction of sp³-hybridized carbons (Fsp3) is 0.235. The van der Waals surface area contributed by atoms with Crippen LogP contribution in [0.5, 0.6) is 0 Å². The highest BCUT2D eigenvalue weighted by molar-refractivity contribution is 6.31. The number of rotatable bonds is 3. The molecule has 23 heavy (non-hydrogen) atoms. The van der Waals surface area contributed by atoms with Crippen molar-refractivity contribution in [2.24, 2.45) is 0 Å². The molecule has 0 bridgehead atoms. The Labute approximate surface area is 143 Å². The third-order valence-corrected chi connectivity index (χ3v) is 4.69. The van der Waals surface area contributed by atoms with Crippen molar-refractivity contribution in [1.29, 1.82) is 0 Å². The molecule has 6 heteroatoms. The summed E-state index contributed by atoms with van der Waals surface area (Å²) >= 11 is 12.1. The summed E-state index contributed by atoms with van der Waals surface area (Å²) < 4.78 is 13.8. The summed E-state index contributed by atoms with van der Waals surface area (Å²) in [5, 5.41) is 11.0. The van der Waals surface area contributed by atoms with E-state index in [1.54, 1.807) is 6.07 Å². The van der Waals surface area contributed by atoms with Gasteiger partial charge in [-0.15, -0.1) is 0 Å². The van der Waals surface area contributed by atoms with Gasteiger partial charge in [0.05, 0.1) is 0 Å². The molecule has 1 N–H and O–H groups in total. The number of benzene rings is 2. The molecule has 1 heterocycles. The van der Waals surface area contributed by atoms with Crippen LogP contribution in [0.2, 0.25) is 10.0 Å². The number of nitrogens with zero attached hydrogens (tertiary/aromatic N) is 1. The topological polar surface area (TPSA) is 40.5 Å². The molecule has 0 radical (unpaired) electrons. The first-order valence-corrected chi connectivity index (χ1v) is 7.89. The highest BCUT2D eigenvalue weighted by Gasteiger charge is 2.30. The number of hydrogen-bond donors (Lipinski definition) is 1. The lowest BCUT2D eigenvalue weighted by atomic mass is 10.1. The molecule has 0 saturated heterocycles. The van der Waals surface area contributed by atoms with Gasteiger partial charge in [-0.05, 0) is 29.3 Å². The number of carbonyl (C=O) groups is 1. The predicted octanol–water partition coefficient (Wildman–Crippen LogP) is 3.58. The summed E-state index contributed by atoms with van der Waals surface area (Å²) in [5.74, 6) is -0.992. The summed E-state index contributed by atoms with van der Waals surface area (Å²) in [7, 11) is 0. The Morgan fingerprint density at radius 2 is 1.87 bits per heavy atom. The maximum Gasteiger partial charge on any atom is 0.252 e. The molecule has 0 spiro atoms. The lowest BCUT2D eigenvalue weighted by molar-refractivity contribution is -0.140. The summed E-state index contributed by atoms with van der Waals surface area (Å²) in [4.78, 5) is 13.9. The second kappa shape index (κ2) is 6.48. The molecule has 3 nitrogen and oxygen atoms in total. The Morgan fingerprint density at radius 3 is 2.57 bits per heavy atom. The van der Waals surface area contributed by atoms with Gasteiger partial charge < -0.3 is 10.0 Å². The van der Waals surface area contributed by atoms with Crippen molar-refractivity contribution in [1.82, 2.24) is 4.90 Å². The highest BCUT2D eigenvalue weighted by Crippen LogP contribution is 2.30. The third-order valence-electron chi connectivity index (χ3n) is 3.98. The second-order valence-electron chi connectivity index (χ2n) is 5.49. The monoisotopic (exact) mass is 353 g/mol. The molecule has 1 unspecified atom stereocenters. The Hall–Kier alpha value is -1.62. The van der Waals surface area contributed by atoms with Crippen molar-refractivity contribution in [2.75, 3.05) is 0 Å². The van der Waals surface area contributed by atoms with Gasteiger partial charge in [-0.25, -0.2) is 4.39 Å². The average molecular weight is 354 g/mol. The van der Waals surface area contributed by atoms with Crippen molar-refractivity contribution >= 4 is 29.1 Å². The average Bonchev–Trinajstić information content (AvgIpc) is 2.95. The van der Waals surface area contributed by atoms with E-state index in [1.807, 2.05) is 12.1 Å². The van der Waals surface area contributed by atoms with E-state index in [2.05, 4.69) is 0 Å². The minimum Gasteiger partial charge on any atom is -0.383 e. The van der Waals surface area contributed by atoms with E-state index in [9.17, 15) is 14.3 Å². The van der Waals surface area contributed by atoms with Crippen LogP contribution in [0.25, 0.3) is 0 Å². The molecular weight excluding hydrogens is 340 g/mol. The van der Waals surface area contributed by atoms with Crippen LogP contribution in [0.15, 0.2) is 36.4 Å². The number of amides is 1. The standard InChI is InChI=1S/C17H14Cl2FNO2/c18-13-5-2-6-15(20)11(13)7-16(22)17(23)21-8-10-3-1-4-14(19)12(10)9-21/h1-6,16,22H,7-9H2. The van der Waals surface area contributed by atoms with E-state index < -0.39 is 17.8 Å². The second-order valence-corrected chi connectivity index (χ2v) is 6.31. The van der Waals surface area contributed by atoms with Gasteiger partial charge in [0.1, 0.15) is 11.9 Å². The van der Waals surface area contributed by atoms with Crippen LogP contribution in [0.1, 0.15) is 16.7 Å². The number of halogens is 3. The maximum atomic E-state index is 13.8. The van der Waals surface area contributed by atoms with E-state index in [-0.39, 0.29) is 17.0 Å². The van der Waals surface area contributed by atoms with Crippen LogP contribution in [-0.4, -0.2) is 22.0 Å². The zero-order valence-corrected chi connectivity index (χ0v) is 13.6. The van der Waals surface area contributed by atoms with Gasteiger partial charge in [-0.2, -0.15) is 0 Å². The van der Waals surface area contributed by atoms with E-state index in [0.29, 0.717) is 18.1 Å². The number of aliphatic hydroxyl groups is 1. The minimum absolute atomic E-state index is 0.143. The molecule has 0 fully saturated rings. The number of hydrogen-bond acceptors (Lipinski definition) is 2. The smallest absolute Gasteiger partial charge is 0.252 e. The minimum atomic E-state index is -1.35. The SMILES string of the molecule is O=C(C(O)Cc1c(F)cccc1Cl)N1Cc2cccc(Cl)c2C1. The zero-order valence-electron chi connectivity index (χ0n) is 12.1. The maximum absolute atomic E-state index is 13.8. The van der Waals surface area contributed by atoms with Crippen LogP contribution in [0.3, 0.4) is 0 Å². The van der Waals surface area contributed by atoms with Gasteiger partial charge in [-0.3, -0.25) is 4.79 Å². The predicted molar refractivity (Wildman–Crippen MR) is 86.8 cm³/mol. The van der Waals surface area contributed by atoms with Crippen LogP contribution in [0, 0.1) is 5.82 Å². The first kappa shape index (κ1) is 16.2. The quantitative estimate of drug-likeness (QED) is 0.915. The summed E-state index contributed by atoms with van der Waals surface area (Å²) in [6.07, 6.45) is -1.51. The Balaban J connectivity index is 1.73. The van der Waals surface area contributed by atoms with Gasteiger partial charge in [0.15, 0.2) is 0 Å². The van der Waals surface area contributed by atoms with Crippen LogP contribution in [-0.2, 0) is 24.3 Å². The van der Waals surface area contributed by atoms with E-state index in [0.717, 1.165) is 11.1 Å². The molecule has 120 valence electrons. The largest absolute Gasteiger partial charge is 0.383 e. The van der Waals surface area contributed by atoms with Crippen molar-refractivity contribution in [3.05, 3.63) is 69.0 Å². The lowest BCUT2D eigenvalue weighted by Gasteiger charge is -2.20. The van der Waals surface area contributed by atoms with E-state index in [1.165, 1.54) is 23.1 Å². The molecular formula is C17H14Cl2FNO2. The molecule has 1 aliphatic heterocycles. The van der Waals surface area contributed by atoms with Crippen molar-refractivity contribution in [2.45, 2.75) is 25.6 Å². The van der Waals surface area contributed by atoms with Crippen LogP contribution < -0.4 is 0 Å². The molecule has 2 aromatic rings. The number of fused-ring (bicyclic) bond motifs is 1. The van der Waals surface area contributed by atoms with Crippen LogP contribution >= 0.6 is 23.2 Å². The fourth-order valence-corrected chi connectivity index (χ4v) is 3.25. The number of carbonyl (C=O) groups excluding carboxylic acids is 1. The van der Waals surface area contributed by atoms with Crippen molar-refractivity contribution in [3.63, 3.8) is 0 Å². The molecule has 0 aliphatic carbocycles. The molecule has 1 atom stereocenters. The molecule has 1 aliphatic rings. The third kappa shape index (κ3) is 3.20. The lowest BCUT2D eigenvalue weighted by Crippen LogP contribution is -2.37. The van der Waals surface area contributed by atoms with Gasteiger partial charge in [0, 0.05) is 35.1 Å². The first-order chi connectivity index (χ1) is 11.0. The van der Waals surface area contributed by atoms with Crippen molar-refractivity contribution < 1.29 is 14.3 Å².